The molecule has 33 heavy (non-hydrogen) atoms. The molecule has 1 aromatic carbocycles. The van der Waals surface area contributed by atoms with Crippen molar-refractivity contribution >= 4 is 17.5 Å². The van der Waals surface area contributed by atoms with E-state index in [1.807, 2.05) is 23.1 Å². The third kappa shape index (κ3) is 5.18. The maximum Gasteiger partial charge on any atom is 0.236 e. The number of rotatable bonds is 5. The van der Waals surface area contributed by atoms with E-state index >= 15 is 0 Å². The van der Waals surface area contributed by atoms with Gasteiger partial charge in [-0.1, -0.05) is 30.3 Å². The molecule has 1 atom stereocenters. The molecular weight excluding hydrogens is 421 g/mol. The summed E-state index contributed by atoms with van der Waals surface area (Å²) < 4.78 is 19.0. The van der Waals surface area contributed by atoms with E-state index in [0.717, 1.165) is 31.4 Å². The van der Waals surface area contributed by atoms with Gasteiger partial charge in [0.2, 0.25) is 5.91 Å². The minimum absolute atomic E-state index is 0.118. The lowest BCUT2D eigenvalue weighted by Gasteiger charge is -2.35. The summed E-state index contributed by atoms with van der Waals surface area (Å²) in [7, 11) is 0. The lowest BCUT2D eigenvalue weighted by atomic mass is 10.00. The predicted molar refractivity (Wildman–Crippen MR) is 122 cm³/mol. The van der Waals surface area contributed by atoms with Crippen molar-refractivity contribution in [3.63, 3.8) is 0 Å². The molecule has 0 bridgehead atoms. The lowest BCUT2D eigenvalue weighted by molar-refractivity contribution is -0.140. The maximum atomic E-state index is 13.1. The number of nitrogens with zero attached hydrogens (tertiary/aromatic N) is 4. The summed E-state index contributed by atoms with van der Waals surface area (Å²) in [6, 6.07) is 16.9. The van der Waals surface area contributed by atoms with Crippen LogP contribution in [-0.2, 0) is 22.5 Å². The third-order valence-corrected chi connectivity index (χ3v) is 6.07. The molecule has 3 aromatic rings. The molecule has 0 radical (unpaired) electrons. The first-order valence-electron chi connectivity index (χ1n) is 11.2. The van der Waals surface area contributed by atoms with Crippen LogP contribution >= 0.6 is 0 Å². The first-order valence-corrected chi connectivity index (χ1v) is 11.2. The number of halogens is 1. The molecule has 0 saturated carbocycles. The van der Waals surface area contributed by atoms with E-state index in [1.165, 1.54) is 17.2 Å². The summed E-state index contributed by atoms with van der Waals surface area (Å²) in [5.74, 6) is 0.819. The first kappa shape index (κ1) is 21.5. The molecule has 8 heteroatoms. The number of ether oxygens (including phenoxy) is 1. The topological polar surface area (TPSA) is 70.6 Å². The Kier molecular flexibility index (Phi) is 6.28. The summed E-state index contributed by atoms with van der Waals surface area (Å²) in [6.07, 6.45) is 1.83. The average molecular weight is 448 g/mol. The van der Waals surface area contributed by atoms with Gasteiger partial charge in [0.25, 0.3) is 0 Å². The van der Waals surface area contributed by atoms with Crippen LogP contribution in [0.5, 0.6) is 0 Å². The standard InChI is InChI=1S/C25H26FN5O2/c26-20-8-9-23(27-14-20)29-24-7-3-6-21(28-24)22-16-31(12-13-33-22)25(32)17-30-11-10-18-4-1-2-5-19(18)15-30/h1-9,14,22H,10-13,15-17H2,(H,27,28,29)/t22-/m0/s1. The van der Waals surface area contributed by atoms with Gasteiger partial charge in [0.1, 0.15) is 23.6 Å². The molecule has 1 amide bonds. The van der Waals surface area contributed by atoms with Gasteiger partial charge in [0.15, 0.2) is 0 Å². The van der Waals surface area contributed by atoms with Crippen molar-refractivity contribution in [2.75, 3.05) is 38.1 Å². The van der Waals surface area contributed by atoms with Gasteiger partial charge < -0.3 is 15.0 Å². The van der Waals surface area contributed by atoms with Crippen LogP contribution in [0.3, 0.4) is 0 Å². The first-order chi connectivity index (χ1) is 16.1. The van der Waals surface area contributed by atoms with Gasteiger partial charge in [-0.3, -0.25) is 9.69 Å². The SMILES string of the molecule is O=C(CN1CCc2ccccc2C1)N1CCO[C@H](c2cccc(Nc3ccc(F)cn3)n2)C1. The van der Waals surface area contributed by atoms with Crippen molar-refractivity contribution in [1.82, 2.24) is 19.8 Å². The Morgan fingerprint density at radius 2 is 1.94 bits per heavy atom. The number of carbonyl (C=O) groups excluding carboxylic acids is 1. The molecule has 0 spiro atoms. The van der Waals surface area contributed by atoms with Crippen molar-refractivity contribution in [3.8, 4) is 0 Å². The van der Waals surface area contributed by atoms with Gasteiger partial charge in [-0.05, 0) is 41.8 Å². The number of benzene rings is 1. The number of pyridine rings is 2. The van der Waals surface area contributed by atoms with Crippen LogP contribution in [0.15, 0.2) is 60.8 Å². The zero-order valence-electron chi connectivity index (χ0n) is 18.3. The number of hydrogen-bond acceptors (Lipinski definition) is 6. The summed E-state index contributed by atoms with van der Waals surface area (Å²) in [6.45, 7) is 3.63. The van der Waals surface area contributed by atoms with E-state index in [1.54, 1.807) is 6.07 Å². The van der Waals surface area contributed by atoms with Crippen molar-refractivity contribution in [2.45, 2.75) is 19.1 Å². The monoisotopic (exact) mass is 447 g/mol. The Morgan fingerprint density at radius 1 is 1.06 bits per heavy atom. The Labute approximate surface area is 192 Å². The molecule has 1 N–H and O–H groups in total. The molecule has 1 fully saturated rings. The molecule has 2 aliphatic heterocycles. The smallest absolute Gasteiger partial charge is 0.236 e. The largest absolute Gasteiger partial charge is 0.368 e. The molecule has 170 valence electrons. The third-order valence-electron chi connectivity index (χ3n) is 6.07. The van der Waals surface area contributed by atoms with Crippen LogP contribution in [0.4, 0.5) is 16.0 Å². The van der Waals surface area contributed by atoms with Crippen LogP contribution in [-0.4, -0.2) is 58.5 Å². The zero-order chi connectivity index (χ0) is 22.6. The second kappa shape index (κ2) is 9.64. The molecule has 0 unspecified atom stereocenters. The van der Waals surface area contributed by atoms with Crippen LogP contribution in [0, 0.1) is 5.82 Å². The molecule has 5 rings (SSSR count). The number of fused-ring (bicyclic) bond motifs is 1. The maximum absolute atomic E-state index is 13.1. The summed E-state index contributed by atoms with van der Waals surface area (Å²) in [4.78, 5) is 25.8. The van der Waals surface area contributed by atoms with Gasteiger partial charge in [0, 0.05) is 19.6 Å². The molecule has 2 aromatic heterocycles. The molecule has 1 saturated heterocycles. The second-order valence-electron chi connectivity index (χ2n) is 8.36. The quantitative estimate of drug-likeness (QED) is 0.647. The van der Waals surface area contributed by atoms with Gasteiger partial charge in [-0.2, -0.15) is 0 Å². The Hall–Kier alpha value is -3.36. The highest BCUT2D eigenvalue weighted by Crippen LogP contribution is 2.24. The van der Waals surface area contributed by atoms with Crippen LogP contribution in [0.2, 0.25) is 0 Å². The number of carbonyl (C=O) groups is 1. The van der Waals surface area contributed by atoms with Crippen molar-refractivity contribution in [1.29, 1.82) is 0 Å². The van der Waals surface area contributed by atoms with E-state index < -0.39 is 5.82 Å². The molecule has 0 aliphatic carbocycles. The molecule has 7 nitrogen and oxygen atoms in total. The van der Waals surface area contributed by atoms with Crippen molar-refractivity contribution < 1.29 is 13.9 Å². The van der Waals surface area contributed by atoms with E-state index in [0.29, 0.717) is 37.9 Å². The van der Waals surface area contributed by atoms with Gasteiger partial charge in [-0.25, -0.2) is 14.4 Å². The minimum Gasteiger partial charge on any atom is -0.368 e. The van der Waals surface area contributed by atoms with Gasteiger partial charge >= 0.3 is 0 Å². The summed E-state index contributed by atoms with van der Waals surface area (Å²) in [5, 5.41) is 3.08. The van der Waals surface area contributed by atoms with Crippen molar-refractivity contribution in [2.24, 2.45) is 0 Å². The van der Waals surface area contributed by atoms with Crippen LogP contribution < -0.4 is 5.32 Å². The lowest BCUT2D eigenvalue weighted by Crippen LogP contribution is -2.47. The molecule has 2 aliphatic rings. The number of anilines is 2. The molecular formula is C25H26FN5O2. The fourth-order valence-corrected chi connectivity index (χ4v) is 4.32. The highest BCUT2D eigenvalue weighted by atomic mass is 19.1. The van der Waals surface area contributed by atoms with Crippen molar-refractivity contribution in [3.05, 3.63) is 83.4 Å². The number of aromatic nitrogens is 2. The number of hydrogen-bond donors (Lipinski definition) is 1. The fraction of sp³-hybridized carbons (Fsp3) is 0.320. The number of morpholine rings is 1. The molecule has 4 heterocycles. The Balaban J connectivity index is 1.21. The Bertz CT molecular complexity index is 1120. The average Bonchev–Trinajstić information content (AvgIpc) is 2.86. The van der Waals surface area contributed by atoms with Crippen LogP contribution in [0.25, 0.3) is 0 Å². The van der Waals surface area contributed by atoms with E-state index in [-0.39, 0.29) is 12.0 Å². The highest BCUT2D eigenvalue weighted by Gasteiger charge is 2.28. The van der Waals surface area contributed by atoms with Crippen LogP contribution in [0.1, 0.15) is 22.9 Å². The van der Waals surface area contributed by atoms with Gasteiger partial charge in [0.05, 0.1) is 31.6 Å². The predicted octanol–water partition coefficient (Wildman–Crippen LogP) is 3.32. The summed E-state index contributed by atoms with van der Waals surface area (Å²) >= 11 is 0. The number of nitrogens with one attached hydrogen (secondary N) is 1. The van der Waals surface area contributed by atoms with E-state index in [4.69, 9.17) is 4.74 Å². The number of amides is 1. The minimum atomic E-state index is -0.392. The van der Waals surface area contributed by atoms with E-state index in [9.17, 15) is 9.18 Å². The fourth-order valence-electron chi connectivity index (χ4n) is 4.32. The van der Waals surface area contributed by atoms with E-state index in [2.05, 4.69) is 44.5 Å². The Morgan fingerprint density at radius 3 is 2.79 bits per heavy atom. The summed E-state index contributed by atoms with van der Waals surface area (Å²) in [5.41, 5.74) is 3.43. The zero-order valence-corrected chi connectivity index (χ0v) is 18.3. The highest BCUT2D eigenvalue weighted by molar-refractivity contribution is 5.78. The normalized spacial score (nSPS) is 18.6. The van der Waals surface area contributed by atoms with Gasteiger partial charge in [-0.15, -0.1) is 0 Å². The second-order valence-corrected chi connectivity index (χ2v) is 8.36.